The summed E-state index contributed by atoms with van der Waals surface area (Å²) in [5.41, 5.74) is 9.64. The fraction of sp³-hybridized carbons (Fsp3) is 0.316. The van der Waals surface area contributed by atoms with Gasteiger partial charge in [-0.1, -0.05) is 24.3 Å². The van der Waals surface area contributed by atoms with E-state index in [1.54, 1.807) is 24.3 Å². The summed E-state index contributed by atoms with van der Waals surface area (Å²) >= 11 is 0. The van der Waals surface area contributed by atoms with Gasteiger partial charge in [-0.2, -0.15) is 8.78 Å². The molecule has 0 bridgehead atoms. The lowest BCUT2D eigenvalue weighted by atomic mass is 9.95. The molecule has 2 rings (SSSR count). The van der Waals surface area contributed by atoms with Crippen LogP contribution in [-0.2, 0) is 19.1 Å². The van der Waals surface area contributed by atoms with E-state index in [0.29, 0.717) is 5.69 Å². The average molecular weight is 444 g/mol. The molecule has 1 aliphatic carbocycles. The van der Waals surface area contributed by atoms with E-state index in [1.807, 2.05) is 12.1 Å². The maximum absolute atomic E-state index is 12.2. The summed E-state index contributed by atoms with van der Waals surface area (Å²) in [4.78, 5) is 30.5. The Morgan fingerprint density at radius 2 is 1.61 bits per heavy atom. The highest BCUT2D eigenvalue weighted by Crippen LogP contribution is 2.27. The highest BCUT2D eigenvalue weighted by molar-refractivity contribution is 5.88. The molecule has 0 amide bonds. The molecule has 1 unspecified atom stereocenters. The van der Waals surface area contributed by atoms with Crippen LogP contribution in [0.4, 0.5) is 14.5 Å². The van der Waals surface area contributed by atoms with Crippen molar-refractivity contribution >= 4 is 29.2 Å². The van der Waals surface area contributed by atoms with Crippen LogP contribution in [-0.4, -0.2) is 56.3 Å². The zero-order valence-electron chi connectivity index (χ0n) is 16.1. The van der Waals surface area contributed by atoms with Crippen molar-refractivity contribution in [1.82, 2.24) is 0 Å². The van der Waals surface area contributed by atoms with Crippen LogP contribution in [0.25, 0.3) is 5.57 Å². The van der Waals surface area contributed by atoms with Crippen molar-refractivity contribution in [2.24, 2.45) is 5.73 Å². The number of nitrogens with two attached hydrogens (primary N) is 2. The van der Waals surface area contributed by atoms with Crippen molar-refractivity contribution in [3.05, 3.63) is 48.1 Å². The smallest absolute Gasteiger partial charge is 0.347 e. The van der Waals surface area contributed by atoms with Crippen LogP contribution in [0, 0.1) is 0 Å². The molecule has 1 aromatic carbocycles. The Bertz CT molecular complexity index is 854. The average Bonchev–Trinajstić information content (AvgIpc) is 2.61. The van der Waals surface area contributed by atoms with Gasteiger partial charge in [-0.05, 0) is 29.3 Å². The first kappa shape index (κ1) is 25.7. The molecule has 0 saturated carbocycles. The first-order chi connectivity index (χ1) is 14.3. The molecule has 10 nitrogen and oxygen atoms in total. The molecule has 170 valence electrons. The number of nitrogen functional groups attached to an aromatic ring is 1. The van der Waals surface area contributed by atoms with Gasteiger partial charge >= 0.3 is 24.5 Å². The van der Waals surface area contributed by atoms with Crippen LogP contribution in [0.15, 0.2) is 42.5 Å². The first-order valence-corrected chi connectivity index (χ1v) is 8.66. The number of halogens is 2. The van der Waals surface area contributed by atoms with Crippen LogP contribution in [0.1, 0.15) is 24.8 Å². The summed E-state index contributed by atoms with van der Waals surface area (Å²) in [5, 5.41) is 33.8. The minimum Gasteiger partial charge on any atom is -0.481 e. The molecule has 0 heterocycles. The molecule has 0 saturated heterocycles. The third-order valence-corrected chi connectivity index (χ3v) is 4.02. The van der Waals surface area contributed by atoms with Crippen molar-refractivity contribution < 1.29 is 48.3 Å². The van der Waals surface area contributed by atoms with Gasteiger partial charge in [-0.3, -0.25) is 20.1 Å². The van der Waals surface area contributed by atoms with E-state index in [9.17, 15) is 23.2 Å². The topological polar surface area (TPSA) is 193 Å². The number of benzene rings is 1. The van der Waals surface area contributed by atoms with E-state index in [2.05, 4.69) is 4.74 Å². The highest BCUT2D eigenvalue weighted by Gasteiger charge is 2.40. The third kappa shape index (κ3) is 8.50. The molecule has 1 atom stereocenters. The fourth-order valence-corrected chi connectivity index (χ4v) is 2.49. The summed E-state index contributed by atoms with van der Waals surface area (Å²) in [7, 11) is 0. The maximum Gasteiger partial charge on any atom is 0.347 e. The summed E-state index contributed by atoms with van der Waals surface area (Å²) in [6.07, 6.45) is 2.81. The largest absolute Gasteiger partial charge is 0.481 e. The number of aliphatic hydroxyl groups is 1. The van der Waals surface area contributed by atoms with E-state index in [0.717, 1.165) is 11.1 Å². The van der Waals surface area contributed by atoms with Gasteiger partial charge in [0.15, 0.2) is 5.60 Å². The summed E-state index contributed by atoms with van der Waals surface area (Å²) in [5.74, 6) is -5.02. The number of allylic oxidation sites excluding steroid dienone is 2. The summed E-state index contributed by atoms with van der Waals surface area (Å²) in [6.45, 7) is -2.88. The number of ether oxygens (including phenoxy) is 1. The van der Waals surface area contributed by atoms with Gasteiger partial charge in [0.1, 0.15) is 5.72 Å². The highest BCUT2D eigenvalue weighted by atomic mass is 19.3. The van der Waals surface area contributed by atoms with Crippen LogP contribution in [0.3, 0.4) is 0 Å². The zero-order chi connectivity index (χ0) is 23.8. The molecule has 0 radical (unpaired) electrons. The Morgan fingerprint density at radius 1 is 1.10 bits per heavy atom. The van der Waals surface area contributed by atoms with Gasteiger partial charge in [0.25, 0.3) is 0 Å². The number of carbonyl (C=O) groups is 3. The lowest BCUT2D eigenvalue weighted by Gasteiger charge is -2.27. The Balaban J connectivity index is 0.000000330. The Morgan fingerprint density at radius 3 is 1.97 bits per heavy atom. The van der Waals surface area contributed by atoms with Gasteiger partial charge in [0.2, 0.25) is 0 Å². The number of alkyl halides is 2. The van der Waals surface area contributed by atoms with E-state index in [4.69, 9.17) is 31.9 Å². The Labute approximate surface area is 175 Å². The standard InChI is InChI=1S/C13H14F2N2O.C6H8O7/c14-12(15)18-13(17)7-5-10(6-8-13)9-1-3-11(16)4-2-9;7-3(8)1-6(13,5(11)12)2-4(9)10/h1-7,12H,8,16-17H2;13H,1-2H2,(H,7,8)(H,9,10)(H,11,12). The van der Waals surface area contributed by atoms with Gasteiger partial charge in [0, 0.05) is 12.1 Å². The first-order valence-electron chi connectivity index (χ1n) is 8.66. The molecular formula is C19H22F2N2O8. The second-order valence-corrected chi connectivity index (χ2v) is 6.63. The van der Waals surface area contributed by atoms with Gasteiger partial charge in [-0.25, -0.2) is 4.79 Å². The molecule has 0 fully saturated rings. The lowest BCUT2D eigenvalue weighted by Crippen LogP contribution is -2.42. The molecular weight excluding hydrogens is 422 g/mol. The van der Waals surface area contributed by atoms with Crippen LogP contribution in [0.5, 0.6) is 0 Å². The number of aliphatic carboxylic acids is 3. The summed E-state index contributed by atoms with van der Waals surface area (Å²) < 4.78 is 28.7. The number of rotatable bonds is 8. The number of hydrogen-bond acceptors (Lipinski definition) is 7. The normalized spacial score (nSPS) is 18.0. The van der Waals surface area contributed by atoms with Crippen LogP contribution in [0.2, 0.25) is 0 Å². The van der Waals surface area contributed by atoms with Crippen LogP contribution < -0.4 is 11.5 Å². The number of carboxylic acid groups (broad SMARTS) is 3. The SMILES string of the molecule is Nc1ccc(C2=CCC(N)(OC(F)F)C=C2)cc1.O=C(O)CC(O)(CC(=O)O)C(=O)O. The zero-order valence-corrected chi connectivity index (χ0v) is 16.1. The van der Waals surface area contributed by atoms with E-state index in [-0.39, 0.29) is 6.42 Å². The molecule has 8 N–H and O–H groups in total. The minimum atomic E-state index is -2.88. The predicted molar refractivity (Wildman–Crippen MR) is 104 cm³/mol. The van der Waals surface area contributed by atoms with Crippen molar-refractivity contribution in [1.29, 1.82) is 0 Å². The fourth-order valence-electron chi connectivity index (χ4n) is 2.49. The van der Waals surface area contributed by atoms with Crippen molar-refractivity contribution in [3.8, 4) is 0 Å². The molecule has 0 spiro atoms. The predicted octanol–water partition coefficient (Wildman–Crippen LogP) is 1.26. The second-order valence-electron chi connectivity index (χ2n) is 6.63. The quantitative estimate of drug-likeness (QED) is 0.251. The third-order valence-electron chi connectivity index (χ3n) is 4.02. The number of carboxylic acids is 3. The Hall–Kier alpha value is -3.35. The lowest BCUT2D eigenvalue weighted by molar-refractivity contribution is -0.189. The van der Waals surface area contributed by atoms with Gasteiger partial charge in [-0.15, -0.1) is 0 Å². The number of hydrogen-bond donors (Lipinski definition) is 6. The van der Waals surface area contributed by atoms with Crippen molar-refractivity contribution in [2.45, 2.75) is 37.2 Å². The van der Waals surface area contributed by atoms with E-state index >= 15 is 0 Å². The molecule has 0 aromatic heterocycles. The van der Waals surface area contributed by atoms with E-state index in [1.165, 1.54) is 6.08 Å². The number of anilines is 1. The molecule has 12 heteroatoms. The second kappa shape index (κ2) is 10.6. The maximum atomic E-state index is 12.2. The molecule has 31 heavy (non-hydrogen) atoms. The van der Waals surface area contributed by atoms with Crippen LogP contribution >= 0.6 is 0 Å². The van der Waals surface area contributed by atoms with Crippen molar-refractivity contribution in [2.75, 3.05) is 5.73 Å². The summed E-state index contributed by atoms with van der Waals surface area (Å²) in [6, 6.07) is 7.29. The Kier molecular flexibility index (Phi) is 8.79. The minimum absolute atomic E-state index is 0.202. The van der Waals surface area contributed by atoms with Gasteiger partial charge < -0.3 is 26.2 Å². The molecule has 0 aliphatic heterocycles. The van der Waals surface area contributed by atoms with Gasteiger partial charge in [0.05, 0.1) is 12.8 Å². The van der Waals surface area contributed by atoms with Crippen molar-refractivity contribution in [3.63, 3.8) is 0 Å². The molecule has 1 aromatic rings. The molecule has 1 aliphatic rings. The van der Waals surface area contributed by atoms with E-state index < -0.39 is 48.7 Å². The monoisotopic (exact) mass is 444 g/mol.